The Balaban J connectivity index is 1.51. The summed E-state index contributed by atoms with van der Waals surface area (Å²) in [4.78, 5) is 43.8. The van der Waals surface area contributed by atoms with Crippen molar-refractivity contribution in [1.29, 1.82) is 0 Å². The first-order valence-electron chi connectivity index (χ1n) is 10.1. The van der Waals surface area contributed by atoms with Gasteiger partial charge in [0.05, 0.1) is 16.0 Å². The lowest BCUT2D eigenvalue weighted by molar-refractivity contribution is -0.120. The monoisotopic (exact) mass is 516 g/mol. The van der Waals surface area contributed by atoms with Crippen molar-refractivity contribution >= 4 is 61.7 Å². The van der Waals surface area contributed by atoms with Gasteiger partial charge < -0.3 is 5.32 Å². The van der Waals surface area contributed by atoms with E-state index in [1.165, 1.54) is 42.2 Å². The first-order valence-corrected chi connectivity index (χ1v) is 13.9. The van der Waals surface area contributed by atoms with Crippen LogP contribution in [0.3, 0.4) is 0 Å². The first kappa shape index (κ1) is 23.9. The highest BCUT2D eigenvalue weighted by atomic mass is 32.2. The summed E-state index contributed by atoms with van der Waals surface area (Å²) in [6.07, 6.45) is 3.64. The predicted molar refractivity (Wildman–Crippen MR) is 132 cm³/mol. The third-order valence-electron chi connectivity index (χ3n) is 5.12. The van der Waals surface area contributed by atoms with Crippen LogP contribution in [0.25, 0.3) is 0 Å². The van der Waals surface area contributed by atoms with Gasteiger partial charge in [-0.15, -0.1) is 11.3 Å². The van der Waals surface area contributed by atoms with Gasteiger partial charge in [-0.3, -0.25) is 24.0 Å². The molecule has 0 unspecified atom stereocenters. The van der Waals surface area contributed by atoms with Gasteiger partial charge >= 0.3 is 0 Å². The van der Waals surface area contributed by atoms with Crippen LogP contribution in [0.1, 0.15) is 27.1 Å². The van der Waals surface area contributed by atoms with E-state index in [9.17, 15) is 22.8 Å². The number of thioether (sulfide) groups is 1. The molecule has 3 amide bonds. The van der Waals surface area contributed by atoms with Crippen LogP contribution in [0.2, 0.25) is 0 Å². The summed E-state index contributed by atoms with van der Waals surface area (Å²) in [5, 5.41) is 4.60. The molecule has 0 fully saturated rings. The topological polar surface area (TPSA) is 126 Å². The molecule has 2 aromatic carbocycles. The second-order valence-electron chi connectivity index (χ2n) is 7.28. The molecule has 34 heavy (non-hydrogen) atoms. The quantitative estimate of drug-likeness (QED) is 0.418. The molecule has 0 saturated heterocycles. The lowest BCUT2D eigenvalue weighted by Gasteiger charge is -2.25. The number of imide groups is 1. The van der Waals surface area contributed by atoms with E-state index in [2.05, 4.69) is 15.0 Å². The normalized spacial score (nSPS) is 14.1. The van der Waals surface area contributed by atoms with E-state index in [-0.39, 0.29) is 27.6 Å². The summed E-state index contributed by atoms with van der Waals surface area (Å²) < 4.78 is 27.4. The standard InChI is InChI=1S/C22H20N4O5S3/c1-32-12-10-18(26-20(28)16-4-2-3-5-17(16)21(26)29)19(27)24-14-6-8-15(9-7-14)34(30,31)25-22-23-11-13-33-22/h2-9,11,13,18H,10,12H2,1H3,(H,23,25)(H,24,27)/t18-/m1/s1. The highest BCUT2D eigenvalue weighted by Crippen LogP contribution is 2.27. The number of carbonyl (C=O) groups excluding carboxylic acids is 3. The number of anilines is 2. The van der Waals surface area contributed by atoms with Crippen LogP contribution in [-0.4, -0.2) is 54.1 Å². The molecule has 1 atom stereocenters. The van der Waals surface area contributed by atoms with Crippen LogP contribution >= 0.6 is 23.1 Å². The van der Waals surface area contributed by atoms with Crippen molar-refractivity contribution < 1.29 is 22.8 Å². The van der Waals surface area contributed by atoms with E-state index < -0.39 is 33.8 Å². The van der Waals surface area contributed by atoms with Gasteiger partial charge in [0.15, 0.2) is 5.13 Å². The number of fused-ring (bicyclic) bond motifs is 1. The fourth-order valence-electron chi connectivity index (χ4n) is 3.49. The minimum atomic E-state index is -3.83. The second kappa shape index (κ2) is 9.95. The molecule has 0 spiro atoms. The average Bonchev–Trinajstić information content (AvgIpc) is 3.41. The Hall–Kier alpha value is -3.22. The predicted octanol–water partition coefficient (Wildman–Crippen LogP) is 3.30. The molecular formula is C22H20N4O5S3. The SMILES string of the molecule is CSCC[C@H](C(=O)Nc1ccc(S(=O)(=O)Nc2nccs2)cc1)N1C(=O)c2ccccc2C1=O. The van der Waals surface area contributed by atoms with E-state index in [4.69, 9.17) is 0 Å². The molecule has 0 bridgehead atoms. The van der Waals surface area contributed by atoms with Crippen molar-refractivity contribution in [3.05, 3.63) is 71.2 Å². The van der Waals surface area contributed by atoms with E-state index in [1.807, 2.05) is 6.26 Å². The molecule has 3 aromatic rings. The fourth-order valence-corrected chi connectivity index (χ4v) is 5.74. The van der Waals surface area contributed by atoms with E-state index in [1.54, 1.807) is 29.6 Å². The Labute approximate surface area is 204 Å². The Bertz CT molecular complexity index is 1290. The average molecular weight is 517 g/mol. The van der Waals surface area contributed by atoms with Gasteiger partial charge in [0.1, 0.15) is 6.04 Å². The van der Waals surface area contributed by atoms with Crippen molar-refractivity contribution in [3.63, 3.8) is 0 Å². The summed E-state index contributed by atoms with van der Waals surface area (Å²) in [5.74, 6) is -0.973. The minimum Gasteiger partial charge on any atom is -0.324 e. The number of sulfonamides is 1. The number of hydrogen-bond acceptors (Lipinski definition) is 8. The van der Waals surface area contributed by atoms with Crippen molar-refractivity contribution in [3.8, 4) is 0 Å². The highest BCUT2D eigenvalue weighted by Gasteiger charge is 2.42. The number of carbonyl (C=O) groups is 3. The van der Waals surface area contributed by atoms with Crippen LogP contribution in [0.15, 0.2) is 65.0 Å². The Kier molecular flexibility index (Phi) is 7.00. The van der Waals surface area contributed by atoms with Crippen LogP contribution in [-0.2, 0) is 14.8 Å². The summed E-state index contributed by atoms with van der Waals surface area (Å²) >= 11 is 2.65. The molecule has 176 valence electrons. The van der Waals surface area contributed by atoms with Crippen LogP contribution in [0.5, 0.6) is 0 Å². The van der Waals surface area contributed by atoms with Crippen molar-refractivity contribution in [2.45, 2.75) is 17.4 Å². The lowest BCUT2D eigenvalue weighted by atomic mass is 10.1. The summed E-state index contributed by atoms with van der Waals surface area (Å²) in [6.45, 7) is 0. The number of nitrogens with one attached hydrogen (secondary N) is 2. The number of nitrogens with zero attached hydrogens (tertiary/aromatic N) is 2. The summed E-state index contributed by atoms with van der Waals surface area (Å²) in [6, 6.07) is 11.1. The van der Waals surface area contributed by atoms with Gasteiger partial charge in [0.25, 0.3) is 21.8 Å². The van der Waals surface area contributed by atoms with Crippen LogP contribution < -0.4 is 10.0 Å². The summed E-state index contributed by atoms with van der Waals surface area (Å²) in [5.41, 5.74) is 0.887. The molecule has 1 aliphatic heterocycles. The van der Waals surface area contributed by atoms with Gasteiger partial charge in [-0.1, -0.05) is 12.1 Å². The summed E-state index contributed by atoms with van der Waals surface area (Å²) in [7, 11) is -3.83. The number of benzene rings is 2. The number of hydrogen-bond donors (Lipinski definition) is 2. The molecule has 12 heteroatoms. The molecule has 1 aliphatic rings. The maximum absolute atomic E-state index is 13.1. The van der Waals surface area contributed by atoms with Gasteiger partial charge in [0.2, 0.25) is 5.91 Å². The third-order valence-corrected chi connectivity index (χ3v) is 7.94. The zero-order chi connectivity index (χ0) is 24.3. The van der Waals surface area contributed by atoms with Crippen molar-refractivity contribution in [1.82, 2.24) is 9.88 Å². The van der Waals surface area contributed by atoms with Crippen molar-refractivity contribution in [2.24, 2.45) is 0 Å². The van der Waals surface area contributed by atoms with Crippen LogP contribution in [0, 0.1) is 0 Å². The molecule has 9 nitrogen and oxygen atoms in total. The number of rotatable bonds is 9. The molecular weight excluding hydrogens is 496 g/mol. The smallest absolute Gasteiger partial charge is 0.263 e. The highest BCUT2D eigenvalue weighted by molar-refractivity contribution is 7.98. The zero-order valence-corrected chi connectivity index (χ0v) is 20.4. The Morgan fingerprint density at radius 1 is 1.09 bits per heavy atom. The van der Waals surface area contributed by atoms with Gasteiger partial charge in [0, 0.05) is 17.3 Å². The third kappa shape index (κ3) is 4.83. The van der Waals surface area contributed by atoms with Gasteiger partial charge in [-0.05, 0) is 54.8 Å². The Morgan fingerprint density at radius 3 is 2.29 bits per heavy atom. The van der Waals surface area contributed by atoms with Crippen molar-refractivity contribution in [2.75, 3.05) is 22.0 Å². The number of amides is 3. The molecule has 0 radical (unpaired) electrons. The zero-order valence-electron chi connectivity index (χ0n) is 17.9. The number of aromatic nitrogens is 1. The molecule has 0 saturated carbocycles. The van der Waals surface area contributed by atoms with E-state index in [0.29, 0.717) is 11.4 Å². The number of thiazole rings is 1. The fraction of sp³-hybridized carbons (Fsp3) is 0.182. The molecule has 2 heterocycles. The first-order chi connectivity index (χ1) is 16.3. The lowest BCUT2D eigenvalue weighted by Crippen LogP contribution is -2.47. The molecule has 2 N–H and O–H groups in total. The molecule has 0 aliphatic carbocycles. The maximum atomic E-state index is 13.1. The second-order valence-corrected chi connectivity index (χ2v) is 10.8. The minimum absolute atomic E-state index is 0.0000185. The van der Waals surface area contributed by atoms with E-state index >= 15 is 0 Å². The van der Waals surface area contributed by atoms with E-state index in [0.717, 1.165) is 16.2 Å². The molecule has 1 aromatic heterocycles. The van der Waals surface area contributed by atoms with Gasteiger partial charge in [-0.25, -0.2) is 13.4 Å². The Morgan fingerprint density at radius 2 is 1.74 bits per heavy atom. The van der Waals surface area contributed by atoms with Crippen LogP contribution in [0.4, 0.5) is 10.8 Å². The largest absolute Gasteiger partial charge is 0.324 e. The maximum Gasteiger partial charge on any atom is 0.263 e. The molecule has 4 rings (SSSR count). The van der Waals surface area contributed by atoms with Gasteiger partial charge in [-0.2, -0.15) is 11.8 Å².